The van der Waals surface area contributed by atoms with E-state index in [0.29, 0.717) is 25.9 Å². The molecule has 0 aromatic heterocycles. The zero-order valence-corrected chi connectivity index (χ0v) is 15.2. The lowest BCUT2D eigenvalue weighted by Gasteiger charge is -2.38. The molecule has 0 bridgehead atoms. The van der Waals surface area contributed by atoms with Crippen LogP contribution >= 0.6 is 0 Å². The minimum Gasteiger partial charge on any atom is -0.496 e. The fourth-order valence-electron chi connectivity index (χ4n) is 4.39. The minimum atomic E-state index is -0.444. The Balaban J connectivity index is 1.85. The predicted octanol–water partition coefficient (Wildman–Crippen LogP) is 2.54. The zero-order chi connectivity index (χ0) is 18.0. The van der Waals surface area contributed by atoms with Gasteiger partial charge in [-0.1, -0.05) is 25.0 Å². The van der Waals surface area contributed by atoms with Crippen LogP contribution in [0.25, 0.3) is 0 Å². The van der Waals surface area contributed by atoms with Gasteiger partial charge in [0.25, 0.3) is 0 Å². The standard InChI is InChI=1S/C20H28N2O3/c1-14-5-6-16(13-17(14)25-2)20(9-3-4-10-20)19(24)22-11-7-15(8-12-22)18(21)23/h5-6,13,15H,3-4,7-12H2,1-2H3,(H2,21,23). The van der Waals surface area contributed by atoms with Gasteiger partial charge in [0, 0.05) is 19.0 Å². The normalized spacial score (nSPS) is 20.5. The summed E-state index contributed by atoms with van der Waals surface area (Å²) in [5.41, 5.74) is 7.12. The SMILES string of the molecule is COc1cc(C2(C(=O)N3CCC(C(N)=O)CC3)CCCC2)ccc1C. The van der Waals surface area contributed by atoms with Gasteiger partial charge < -0.3 is 15.4 Å². The van der Waals surface area contributed by atoms with Crippen LogP contribution in [-0.4, -0.2) is 36.9 Å². The van der Waals surface area contributed by atoms with Crippen molar-refractivity contribution in [2.45, 2.75) is 50.9 Å². The Labute approximate surface area is 149 Å². The van der Waals surface area contributed by atoms with E-state index in [9.17, 15) is 9.59 Å². The van der Waals surface area contributed by atoms with E-state index < -0.39 is 5.41 Å². The highest BCUT2D eigenvalue weighted by molar-refractivity contribution is 5.89. The first-order chi connectivity index (χ1) is 12.0. The first-order valence-corrected chi connectivity index (χ1v) is 9.22. The van der Waals surface area contributed by atoms with Crippen molar-refractivity contribution >= 4 is 11.8 Å². The molecule has 1 aliphatic carbocycles. The number of piperidine rings is 1. The third-order valence-corrected chi connectivity index (χ3v) is 6.01. The van der Waals surface area contributed by atoms with E-state index in [1.807, 2.05) is 24.0 Å². The summed E-state index contributed by atoms with van der Waals surface area (Å²) in [6.07, 6.45) is 5.25. The van der Waals surface area contributed by atoms with Crippen LogP contribution in [0.15, 0.2) is 18.2 Å². The van der Waals surface area contributed by atoms with Crippen molar-refractivity contribution in [3.8, 4) is 5.75 Å². The third kappa shape index (κ3) is 3.24. The number of rotatable bonds is 4. The van der Waals surface area contributed by atoms with Crippen LogP contribution in [0.5, 0.6) is 5.75 Å². The van der Waals surface area contributed by atoms with E-state index in [1.54, 1.807) is 7.11 Å². The number of aryl methyl sites for hydroxylation is 1. The van der Waals surface area contributed by atoms with E-state index in [4.69, 9.17) is 10.5 Å². The van der Waals surface area contributed by atoms with Crippen molar-refractivity contribution in [2.75, 3.05) is 20.2 Å². The number of hydrogen-bond donors (Lipinski definition) is 1. The second-order valence-electron chi connectivity index (χ2n) is 7.44. The molecule has 1 aromatic carbocycles. The Hall–Kier alpha value is -2.04. The monoisotopic (exact) mass is 344 g/mol. The van der Waals surface area contributed by atoms with Crippen LogP contribution in [0.4, 0.5) is 0 Å². The summed E-state index contributed by atoms with van der Waals surface area (Å²) < 4.78 is 5.48. The molecule has 0 atom stereocenters. The molecule has 2 fully saturated rings. The van der Waals surface area contributed by atoms with Crippen molar-refractivity contribution in [3.63, 3.8) is 0 Å². The van der Waals surface area contributed by atoms with Crippen LogP contribution in [0.2, 0.25) is 0 Å². The maximum absolute atomic E-state index is 13.5. The minimum absolute atomic E-state index is 0.0944. The number of nitrogens with zero attached hydrogens (tertiary/aromatic N) is 1. The lowest BCUT2D eigenvalue weighted by atomic mass is 9.76. The molecule has 1 aromatic rings. The average molecular weight is 344 g/mol. The van der Waals surface area contributed by atoms with Gasteiger partial charge in [0.15, 0.2) is 0 Å². The number of carbonyl (C=O) groups excluding carboxylic acids is 2. The van der Waals surface area contributed by atoms with Gasteiger partial charge in [-0.25, -0.2) is 0 Å². The van der Waals surface area contributed by atoms with Crippen LogP contribution in [-0.2, 0) is 15.0 Å². The number of likely N-dealkylation sites (tertiary alicyclic amines) is 1. The topological polar surface area (TPSA) is 72.6 Å². The van der Waals surface area contributed by atoms with Gasteiger partial charge in [-0.2, -0.15) is 0 Å². The quantitative estimate of drug-likeness (QED) is 0.912. The summed E-state index contributed by atoms with van der Waals surface area (Å²) in [5, 5.41) is 0. The van der Waals surface area contributed by atoms with Crippen LogP contribution < -0.4 is 10.5 Å². The van der Waals surface area contributed by atoms with Crippen LogP contribution in [0.1, 0.15) is 49.7 Å². The van der Waals surface area contributed by atoms with Gasteiger partial charge in [0.2, 0.25) is 11.8 Å². The van der Waals surface area contributed by atoms with E-state index in [1.165, 1.54) is 0 Å². The summed E-state index contributed by atoms with van der Waals surface area (Å²) in [5.74, 6) is 0.705. The summed E-state index contributed by atoms with van der Waals surface area (Å²) in [6, 6.07) is 6.16. The Bertz CT molecular complexity index is 657. The molecule has 2 aliphatic rings. The summed E-state index contributed by atoms with van der Waals surface area (Å²) in [6.45, 7) is 3.26. The molecule has 2 N–H and O–H groups in total. The average Bonchev–Trinajstić information content (AvgIpc) is 3.12. The van der Waals surface area contributed by atoms with E-state index in [2.05, 4.69) is 6.07 Å². The van der Waals surface area contributed by atoms with Crippen molar-refractivity contribution in [1.82, 2.24) is 4.90 Å². The molecular weight excluding hydrogens is 316 g/mol. The van der Waals surface area contributed by atoms with Crippen molar-refractivity contribution in [1.29, 1.82) is 0 Å². The first kappa shape index (κ1) is 17.8. The molecule has 5 heteroatoms. The highest BCUT2D eigenvalue weighted by Crippen LogP contribution is 2.44. The Morgan fingerprint density at radius 2 is 1.84 bits per heavy atom. The molecule has 25 heavy (non-hydrogen) atoms. The predicted molar refractivity (Wildman–Crippen MR) is 96.4 cm³/mol. The largest absolute Gasteiger partial charge is 0.496 e. The molecule has 5 nitrogen and oxygen atoms in total. The zero-order valence-electron chi connectivity index (χ0n) is 15.2. The summed E-state index contributed by atoms with van der Waals surface area (Å²) >= 11 is 0. The second-order valence-corrected chi connectivity index (χ2v) is 7.44. The molecule has 3 rings (SSSR count). The van der Waals surface area contributed by atoms with Gasteiger partial charge in [0.05, 0.1) is 12.5 Å². The lowest BCUT2D eigenvalue weighted by molar-refractivity contribution is -0.140. The number of nitrogens with two attached hydrogens (primary N) is 1. The van der Waals surface area contributed by atoms with Gasteiger partial charge in [-0.15, -0.1) is 0 Å². The number of ether oxygens (including phenoxy) is 1. The van der Waals surface area contributed by atoms with Crippen LogP contribution in [0.3, 0.4) is 0 Å². The van der Waals surface area contributed by atoms with E-state index in [0.717, 1.165) is 42.6 Å². The van der Waals surface area contributed by atoms with Gasteiger partial charge in [-0.3, -0.25) is 9.59 Å². The molecule has 2 amide bonds. The summed E-state index contributed by atoms with van der Waals surface area (Å²) in [4.78, 5) is 26.8. The number of primary amides is 1. The Morgan fingerprint density at radius 1 is 1.20 bits per heavy atom. The fraction of sp³-hybridized carbons (Fsp3) is 0.600. The fourth-order valence-corrected chi connectivity index (χ4v) is 4.39. The Kier molecular flexibility index (Phi) is 5.02. The maximum atomic E-state index is 13.5. The summed E-state index contributed by atoms with van der Waals surface area (Å²) in [7, 11) is 1.67. The van der Waals surface area contributed by atoms with Gasteiger partial charge >= 0.3 is 0 Å². The van der Waals surface area contributed by atoms with Crippen molar-refractivity contribution in [3.05, 3.63) is 29.3 Å². The van der Waals surface area contributed by atoms with Crippen molar-refractivity contribution < 1.29 is 14.3 Å². The Morgan fingerprint density at radius 3 is 2.40 bits per heavy atom. The van der Waals surface area contributed by atoms with Gasteiger partial charge in [0.1, 0.15) is 5.75 Å². The molecule has 0 radical (unpaired) electrons. The lowest BCUT2D eigenvalue weighted by Crippen LogP contribution is -2.49. The molecular formula is C20H28N2O3. The molecule has 0 unspecified atom stereocenters. The second kappa shape index (κ2) is 7.06. The molecule has 1 heterocycles. The van der Waals surface area contributed by atoms with Crippen LogP contribution in [0, 0.1) is 12.8 Å². The number of carbonyl (C=O) groups is 2. The first-order valence-electron chi connectivity index (χ1n) is 9.22. The third-order valence-electron chi connectivity index (χ3n) is 6.01. The number of methoxy groups -OCH3 is 1. The molecule has 1 saturated heterocycles. The molecule has 1 aliphatic heterocycles. The molecule has 136 valence electrons. The highest BCUT2D eigenvalue weighted by Gasteiger charge is 2.45. The van der Waals surface area contributed by atoms with E-state index >= 15 is 0 Å². The smallest absolute Gasteiger partial charge is 0.233 e. The van der Waals surface area contributed by atoms with Crippen molar-refractivity contribution in [2.24, 2.45) is 11.7 Å². The highest BCUT2D eigenvalue weighted by atomic mass is 16.5. The molecule has 1 saturated carbocycles. The van der Waals surface area contributed by atoms with E-state index in [-0.39, 0.29) is 17.7 Å². The number of hydrogen-bond acceptors (Lipinski definition) is 3. The maximum Gasteiger partial charge on any atom is 0.233 e. The number of amides is 2. The number of benzene rings is 1. The van der Waals surface area contributed by atoms with Gasteiger partial charge in [-0.05, 0) is 49.8 Å². The molecule has 0 spiro atoms.